The number of ether oxygens (including phenoxy) is 1. The van der Waals surface area contributed by atoms with Crippen molar-refractivity contribution in [2.75, 3.05) is 12.4 Å². The zero-order valence-electron chi connectivity index (χ0n) is 19.6. The molecule has 1 aromatic heterocycles. The van der Waals surface area contributed by atoms with Gasteiger partial charge >= 0.3 is 0 Å². The van der Waals surface area contributed by atoms with Gasteiger partial charge in [-0.1, -0.05) is 29.8 Å². The SMILES string of the molecule is CCOc1ccc(N=C2NC(=O)/C(=C/c3cn(CCSc4ccc(Cl)cc4)c4ccccc34)S2)cc1. The van der Waals surface area contributed by atoms with E-state index in [9.17, 15) is 4.79 Å². The van der Waals surface area contributed by atoms with Gasteiger partial charge in [0.25, 0.3) is 5.91 Å². The van der Waals surface area contributed by atoms with E-state index in [1.165, 1.54) is 16.7 Å². The number of nitrogens with zero attached hydrogens (tertiary/aromatic N) is 2. The van der Waals surface area contributed by atoms with Crippen molar-refractivity contribution in [2.45, 2.75) is 18.4 Å². The minimum absolute atomic E-state index is 0.139. The molecule has 4 aromatic rings. The maximum atomic E-state index is 12.7. The zero-order valence-corrected chi connectivity index (χ0v) is 22.0. The van der Waals surface area contributed by atoms with Crippen molar-refractivity contribution in [3.05, 3.63) is 94.5 Å². The molecule has 1 aliphatic heterocycles. The second-order valence-corrected chi connectivity index (χ2v) is 10.6. The number of aliphatic imine (C=N–C) groups is 1. The molecule has 5 nitrogen and oxygen atoms in total. The summed E-state index contributed by atoms with van der Waals surface area (Å²) >= 11 is 9.14. The number of thioether (sulfide) groups is 2. The Bertz CT molecular complexity index is 1440. The van der Waals surface area contributed by atoms with Gasteiger partial charge in [0.2, 0.25) is 0 Å². The van der Waals surface area contributed by atoms with Gasteiger partial charge in [-0.15, -0.1) is 11.8 Å². The van der Waals surface area contributed by atoms with Crippen LogP contribution in [-0.4, -0.2) is 28.0 Å². The average Bonchev–Trinajstić information content (AvgIpc) is 3.41. The largest absolute Gasteiger partial charge is 0.494 e. The van der Waals surface area contributed by atoms with Crippen LogP contribution in [0.4, 0.5) is 5.69 Å². The highest BCUT2D eigenvalue weighted by Crippen LogP contribution is 2.32. The molecule has 1 aliphatic rings. The molecule has 182 valence electrons. The second-order valence-electron chi connectivity index (χ2n) is 8.01. The summed E-state index contributed by atoms with van der Waals surface area (Å²) in [6, 6.07) is 23.7. The first-order valence-corrected chi connectivity index (χ1v) is 13.8. The minimum atomic E-state index is -0.139. The maximum absolute atomic E-state index is 12.7. The Balaban J connectivity index is 1.33. The van der Waals surface area contributed by atoms with E-state index in [1.54, 1.807) is 11.8 Å². The zero-order chi connectivity index (χ0) is 24.9. The first-order chi connectivity index (χ1) is 17.6. The lowest BCUT2D eigenvalue weighted by Crippen LogP contribution is -2.19. The average molecular weight is 534 g/mol. The molecule has 0 radical (unpaired) electrons. The highest BCUT2D eigenvalue weighted by molar-refractivity contribution is 8.18. The Morgan fingerprint density at radius 3 is 2.64 bits per heavy atom. The molecular weight excluding hydrogens is 510 g/mol. The number of amides is 1. The lowest BCUT2D eigenvalue weighted by Gasteiger charge is -2.05. The highest BCUT2D eigenvalue weighted by atomic mass is 35.5. The van der Waals surface area contributed by atoms with Crippen LogP contribution in [0, 0.1) is 0 Å². The fourth-order valence-electron chi connectivity index (χ4n) is 3.89. The van der Waals surface area contributed by atoms with E-state index in [0.29, 0.717) is 16.7 Å². The number of halogens is 1. The van der Waals surface area contributed by atoms with Crippen LogP contribution in [0.5, 0.6) is 5.75 Å². The van der Waals surface area contributed by atoms with Crippen LogP contribution in [0.25, 0.3) is 17.0 Å². The number of amidine groups is 1. The van der Waals surface area contributed by atoms with Crippen molar-refractivity contribution in [1.29, 1.82) is 0 Å². The van der Waals surface area contributed by atoms with E-state index in [2.05, 4.69) is 33.2 Å². The summed E-state index contributed by atoms with van der Waals surface area (Å²) in [6.07, 6.45) is 4.07. The number of nitrogens with one attached hydrogen (secondary N) is 1. The molecule has 2 heterocycles. The monoisotopic (exact) mass is 533 g/mol. The van der Waals surface area contributed by atoms with Crippen LogP contribution in [0.15, 0.2) is 93.8 Å². The number of para-hydroxylation sites is 1. The molecule has 0 aliphatic carbocycles. The number of hydrogen-bond donors (Lipinski definition) is 1. The molecule has 36 heavy (non-hydrogen) atoms. The lowest BCUT2D eigenvalue weighted by molar-refractivity contribution is -0.115. The molecular formula is C28H24ClN3O2S2. The number of carbonyl (C=O) groups is 1. The number of fused-ring (bicyclic) bond motifs is 1. The standard InChI is InChI=1S/C28H24ClN3O2S2/c1-2-34-22-11-9-21(10-12-22)30-28-31-27(33)26(36-28)17-19-18-32(25-6-4-3-5-24(19)25)15-16-35-23-13-7-20(29)8-14-23/h3-14,17-18H,2,15-16H2,1H3,(H,30,31,33)/b26-17-. The molecule has 3 aromatic carbocycles. The van der Waals surface area contributed by atoms with Gasteiger partial charge < -0.3 is 14.6 Å². The third-order valence-electron chi connectivity index (χ3n) is 5.55. The van der Waals surface area contributed by atoms with E-state index in [-0.39, 0.29) is 5.91 Å². The number of carbonyl (C=O) groups excluding carboxylic acids is 1. The number of benzene rings is 3. The smallest absolute Gasteiger partial charge is 0.264 e. The third kappa shape index (κ3) is 5.81. The summed E-state index contributed by atoms with van der Waals surface area (Å²) in [4.78, 5) is 19.1. The molecule has 1 saturated heterocycles. The van der Waals surface area contributed by atoms with Gasteiger partial charge in [0.1, 0.15) is 5.75 Å². The number of aryl methyl sites for hydroxylation is 1. The van der Waals surface area contributed by atoms with E-state index < -0.39 is 0 Å². The summed E-state index contributed by atoms with van der Waals surface area (Å²) in [6.45, 7) is 3.41. The van der Waals surface area contributed by atoms with Gasteiger partial charge in [-0.3, -0.25) is 4.79 Å². The first kappa shape index (κ1) is 24.6. The van der Waals surface area contributed by atoms with Crippen molar-refractivity contribution >= 4 is 68.9 Å². The van der Waals surface area contributed by atoms with Gasteiger partial charge in [0, 0.05) is 44.9 Å². The molecule has 0 saturated carbocycles. The first-order valence-electron chi connectivity index (χ1n) is 11.6. The summed E-state index contributed by atoms with van der Waals surface area (Å²) in [5.74, 6) is 1.58. The van der Waals surface area contributed by atoms with Crippen molar-refractivity contribution in [1.82, 2.24) is 9.88 Å². The predicted molar refractivity (Wildman–Crippen MR) is 153 cm³/mol. The normalized spacial score (nSPS) is 15.7. The van der Waals surface area contributed by atoms with Crippen molar-refractivity contribution in [3.8, 4) is 5.75 Å². The number of aromatic nitrogens is 1. The van der Waals surface area contributed by atoms with E-state index in [0.717, 1.165) is 45.2 Å². The van der Waals surface area contributed by atoms with E-state index >= 15 is 0 Å². The Morgan fingerprint density at radius 1 is 1.08 bits per heavy atom. The van der Waals surface area contributed by atoms with Crippen molar-refractivity contribution in [2.24, 2.45) is 4.99 Å². The van der Waals surface area contributed by atoms with Crippen molar-refractivity contribution < 1.29 is 9.53 Å². The topological polar surface area (TPSA) is 55.6 Å². The Kier molecular flexibility index (Phi) is 7.70. The highest BCUT2D eigenvalue weighted by Gasteiger charge is 2.24. The maximum Gasteiger partial charge on any atom is 0.264 e. The second kappa shape index (κ2) is 11.3. The van der Waals surface area contributed by atoms with Gasteiger partial charge in [0.15, 0.2) is 5.17 Å². The summed E-state index contributed by atoms with van der Waals surface area (Å²) in [5, 5.41) is 5.31. The van der Waals surface area contributed by atoms with Gasteiger partial charge in [0.05, 0.1) is 17.2 Å². The summed E-state index contributed by atoms with van der Waals surface area (Å²) in [7, 11) is 0. The molecule has 0 spiro atoms. The number of hydrogen-bond acceptors (Lipinski definition) is 5. The molecule has 8 heteroatoms. The quantitative estimate of drug-likeness (QED) is 0.190. The fourth-order valence-corrected chi connectivity index (χ4v) is 5.70. The predicted octanol–water partition coefficient (Wildman–Crippen LogP) is 7.38. The van der Waals surface area contributed by atoms with Crippen LogP contribution in [0.2, 0.25) is 5.02 Å². The summed E-state index contributed by atoms with van der Waals surface area (Å²) in [5.41, 5.74) is 2.92. The van der Waals surface area contributed by atoms with Gasteiger partial charge in [-0.05, 0) is 79.4 Å². The Labute approximate surface area is 223 Å². The van der Waals surface area contributed by atoms with Crippen molar-refractivity contribution in [3.63, 3.8) is 0 Å². The van der Waals surface area contributed by atoms with E-state index in [4.69, 9.17) is 16.3 Å². The molecule has 0 bridgehead atoms. The van der Waals surface area contributed by atoms with Crippen LogP contribution >= 0.6 is 35.1 Å². The van der Waals surface area contributed by atoms with Crippen LogP contribution < -0.4 is 10.1 Å². The van der Waals surface area contributed by atoms with E-state index in [1.807, 2.05) is 73.7 Å². The minimum Gasteiger partial charge on any atom is -0.494 e. The molecule has 0 unspecified atom stereocenters. The summed E-state index contributed by atoms with van der Waals surface area (Å²) < 4.78 is 7.73. The van der Waals surface area contributed by atoms with Crippen LogP contribution in [-0.2, 0) is 11.3 Å². The van der Waals surface area contributed by atoms with Crippen LogP contribution in [0.1, 0.15) is 12.5 Å². The van der Waals surface area contributed by atoms with Crippen LogP contribution in [0.3, 0.4) is 0 Å². The third-order valence-corrected chi connectivity index (χ3v) is 7.70. The van der Waals surface area contributed by atoms with Gasteiger partial charge in [-0.2, -0.15) is 0 Å². The molecule has 5 rings (SSSR count). The lowest BCUT2D eigenvalue weighted by atomic mass is 10.1. The Hall–Kier alpha value is -3.13. The number of rotatable bonds is 8. The fraction of sp³-hybridized carbons (Fsp3) is 0.143. The molecule has 0 atom stereocenters. The molecule has 1 amide bonds. The molecule has 1 N–H and O–H groups in total. The Morgan fingerprint density at radius 2 is 1.86 bits per heavy atom. The molecule has 1 fully saturated rings. The van der Waals surface area contributed by atoms with Gasteiger partial charge in [-0.25, -0.2) is 4.99 Å².